The Bertz CT molecular complexity index is 791. The Morgan fingerprint density at radius 1 is 1.36 bits per heavy atom. The van der Waals surface area contributed by atoms with Gasteiger partial charge in [0.25, 0.3) is 0 Å². The van der Waals surface area contributed by atoms with Gasteiger partial charge in [-0.25, -0.2) is 4.98 Å². The number of nitrogens with one attached hydrogen (secondary N) is 2. The monoisotopic (exact) mass is 430 g/mol. The average molecular weight is 431 g/mol. The molecule has 152 valence electrons. The minimum Gasteiger partial charge on any atom is -0.454 e. The fraction of sp³-hybridized carbons (Fsp3) is 0.412. The third-order valence-electron chi connectivity index (χ3n) is 3.69. The molecule has 0 spiro atoms. The molecule has 0 amide bonds. The zero-order valence-corrected chi connectivity index (χ0v) is 16.7. The smallest absolute Gasteiger partial charge is 0.387 e. The molecular formula is C17H20F2N4O3S2. The summed E-state index contributed by atoms with van der Waals surface area (Å²) in [5.74, 6) is 2.44. The molecule has 0 atom stereocenters. The van der Waals surface area contributed by atoms with Gasteiger partial charge in [-0.05, 0) is 12.5 Å². The molecule has 0 radical (unpaired) electrons. The highest BCUT2D eigenvalue weighted by Crippen LogP contribution is 2.38. The van der Waals surface area contributed by atoms with E-state index in [1.807, 2.05) is 5.38 Å². The molecule has 1 aromatic heterocycles. The average Bonchev–Trinajstić information content (AvgIpc) is 3.34. The number of hydrogen-bond acceptors (Lipinski definition) is 7. The predicted molar refractivity (Wildman–Crippen MR) is 105 cm³/mol. The molecule has 2 aromatic rings. The van der Waals surface area contributed by atoms with Gasteiger partial charge in [-0.3, -0.25) is 4.99 Å². The van der Waals surface area contributed by atoms with Gasteiger partial charge in [0.1, 0.15) is 10.1 Å². The van der Waals surface area contributed by atoms with Gasteiger partial charge in [0, 0.05) is 49.1 Å². The van der Waals surface area contributed by atoms with E-state index in [0.717, 1.165) is 23.1 Å². The van der Waals surface area contributed by atoms with Crippen LogP contribution in [0.2, 0.25) is 0 Å². The second-order valence-electron chi connectivity index (χ2n) is 5.54. The van der Waals surface area contributed by atoms with Crippen molar-refractivity contribution in [2.75, 3.05) is 26.1 Å². The van der Waals surface area contributed by atoms with Gasteiger partial charge in [0.15, 0.2) is 17.5 Å². The number of benzene rings is 1. The minimum atomic E-state index is -2.92. The third kappa shape index (κ3) is 5.86. The summed E-state index contributed by atoms with van der Waals surface area (Å²) in [4.78, 5) is 8.37. The van der Waals surface area contributed by atoms with Crippen molar-refractivity contribution in [1.82, 2.24) is 15.6 Å². The second kappa shape index (κ2) is 10.3. The molecule has 3 rings (SSSR count). The Morgan fingerprint density at radius 3 is 2.89 bits per heavy atom. The molecule has 2 heterocycles. The molecule has 28 heavy (non-hydrogen) atoms. The third-order valence-corrected chi connectivity index (χ3v) is 5.74. The molecule has 0 unspecified atom stereocenters. The van der Waals surface area contributed by atoms with E-state index in [0.29, 0.717) is 23.0 Å². The van der Waals surface area contributed by atoms with Crippen LogP contribution in [0.3, 0.4) is 0 Å². The lowest BCUT2D eigenvalue weighted by atomic mass is 10.1. The van der Waals surface area contributed by atoms with Crippen LogP contribution in [-0.2, 0) is 6.54 Å². The van der Waals surface area contributed by atoms with E-state index in [2.05, 4.69) is 25.3 Å². The molecule has 2 N–H and O–H groups in total. The number of alkyl halides is 2. The maximum Gasteiger partial charge on any atom is 0.387 e. The summed E-state index contributed by atoms with van der Waals surface area (Å²) >= 11 is 3.33. The van der Waals surface area contributed by atoms with Crippen molar-refractivity contribution < 1.29 is 23.0 Å². The summed E-state index contributed by atoms with van der Waals surface area (Å²) in [6.45, 7) is -1.90. The van der Waals surface area contributed by atoms with E-state index in [1.165, 1.54) is 6.07 Å². The summed E-state index contributed by atoms with van der Waals surface area (Å²) in [7, 11) is 1.65. The summed E-state index contributed by atoms with van der Waals surface area (Å²) in [5.41, 5.74) is 0.520. The number of thiazole rings is 1. The van der Waals surface area contributed by atoms with Crippen LogP contribution in [-0.4, -0.2) is 43.7 Å². The first-order valence-corrected chi connectivity index (χ1v) is 10.4. The van der Waals surface area contributed by atoms with Crippen molar-refractivity contribution >= 4 is 29.1 Å². The molecule has 0 bridgehead atoms. The van der Waals surface area contributed by atoms with Gasteiger partial charge in [0.2, 0.25) is 6.79 Å². The summed E-state index contributed by atoms with van der Waals surface area (Å²) in [6, 6.07) is 3.04. The van der Waals surface area contributed by atoms with Gasteiger partial charge in [-0.15, -0.1) is 11.3 Å². The van der Waals surface area contributed by atoms with Crippen LogP contribution in [0.4, 0.5) is 8.78 Å². The number of nitrogens with zero attached hydrogens (tertiary/aromatic N) is 2. The van der Waals surface area contributed by atoms with E-state index in [-0.39, 0.29) is 19.1 Å². The first-order valence-electron chi connectivity index (χ1n) is 8.50. The van der Waals surface area contributed by atoms with Gasteiger partial charge in [-0.2, -0.15) is 8.78 Å². The Balaban J connectivity index is 1.48. The highest BCUT2D eigenvalue weighted by atomic mass is 32.2. The zero-order valence-electron chi connectivity index (χ0n) is 15.1. The van der Waals surface area contributed by atoms with Gasteiger partial charge < -0.3 is 24.8 Å². The number of guanidine groups is 1. The Morgan fingerprint density at radius 2 is 2.18 bits per heavy atom. The van der Waals surface area contributed by atoms with Crippen molar-refractivity contribution in [3.8, 4) is 17.2 Å². The van der Waals surface area contributed by atoms with Crippen LogP contribution in [0.15, 0.2) is 33.0 Å². The summed E-state index contributed by atoms with van der Waals surface area (Å²) in [5, 5.41) is 8.24. The largest absolute Gasteiger partial charge is 0.454 e. The minimum absolute atomic E-state index is 0.0436. The maximum absolute atomic E-state index is 12.7. The number of ether oxygens (including phenoxy) is 3. The Hall–Kier alpha value is -2.27. The number of aromatic nitrogens is 1. The molecule has 1 aromatic carbocycles. The highest BCUT2D eigenvalue weighted by molar-refractivity contribution is 8.00. The van der Waals surface area contributed by atoms with Crippen LogP contribution >= 0.6 is 23.1 Å². The van der Waals surface area contributed by atoms with Gasteiger partial charge in [-0.1, -0.05) is 11.8 Å². The number of hydrogen-bond donors (Lipinski definition) is 2. The zero-order chi connectivity index (χ0) is 19.8. The van der Waals surface area contributed by atoms with Crippen molar-refractivity contribution in [1.29, 1.82) is 0 Å². The first-order chi connectivity index (χ1) is 13.7. The standard InChI is InChI=1S/C17H20F2N4O3S2/c1-20-16(21-3-2-5-27-17-22-4-6-28-17)23-9-11-7-13-14(25-10-24-13)8-12(11)26-15(18)19/h4,6-8,15H,2-3,5,9-10H2,1H3,(H2,20,21,23). The highest BCUT2D eigenvalue weighted by Gasteiger charge is 2.20. The molecule has 0 saturated carbocycles. The molecule has 0 saturated heterocycles. The van der Waals surface area contributed by atoms with E-state index in [4.69, 9.17) is 9.47 Å². The van der Waals surface area contributed by atoms with Gasteiger partial charge in [0.05, 0.1) is 0 Å². The number of aliphatic imine (C=N–C) groups is 1. The number of rotatable bonds is 9. The van der Waals surface area contributed by atoms with Crippen molar-refractivity contribution in [2.24, 2.45) is 4.99 Å². The fourth-order valence-corrected chi connectivity index (χ4v) is 4.08. The van der Waals surface area contributed by atoms with Crippen LogP contribution in [0.25, 0.3) is 0 Å². The lowest BCUT2D eigenvalue weighted by Crippen LogP contribution is -2.37. The van der Waals surface area contributed by atoms with Crippen LogP contribution in [0.5, 0.6) is 17.2 Å². The van der Waals surface area contributed by atoms with E-state index in [1.54, 1.807) is 42.4 Å². The molecule has 1 aliphatic heterocycles. The topological polar surface area (TPSA) is 77.0 Å². The fourth-order valence-electron chi connectivity index (χ4n) is 2.43. The van der Waals surface area contributed by atoms with E-state index < -0.39 is 6.61 Å². The van der Waals surface area contributed by atoms with Gasteiger partial charge >= 0.3 is 6.61 Å². The van der Waals surface area contributed by atoms with Crippen molar-refractivity contribution in [3.63, 3.8) is 0 Å². The van der Waals surface area contributed by atoms with Crippen LogP contribution in [0, 0.1) is 0 Å². The summed E-state index contributed by atoms with van der Waals surface area (Å²) < 4.78 is 41.6. The number of halogens is 2. The molecule has 0 fully saturated rings. The lowest BCUT2D eigenvalue weighted by Gasteiger charge is -2.15. The summed E-state index contributed by atoms with van der Waals surface area (Å²) in [6.07, 6.45) is 2.72. The van der Waals surface area contributed by atoms with E-state index in [9.17, 15) is 8.78 Å². The molecule has 0 aliphatic carbocycles. The van der Waals surface area contributed by atoms with Crippen molar-refractivity contribution in [2.45, 2.75) is 23.9 Å². The molecular weight excluding hydrogens is 410 g/mol. The lowest BCUT2D eigenvalue weighted by molar-refractivity contribution is -0.0505. The SMILES string of the molecule is CN=C(NCCCSc1nccs1)NCc1cc2c(cc1OC(F)F)OCO2. The molecule has 11 heteroatoms. The Labute approximate surface area is 169 Å². The van der Waals surface area contributed by atoms with Crippen LogP contribution < -0.4 is 24.8 Å². The Kier molecular flexibility index (Phi) is 7.54. The quantitative estimate of drug-likeness (QED) is 0.274. The first kappa shape index (κ1) is 20.5. The predicted octanol–water partition coefficient (Wildman–Crippen LogP) is 3.32. The normalized spacial score (nSPS) is 13.1. The maximum atomic E-state index is 12.7. The second-order valence-corrected chi connectivity index (χ2v) is 7.78. The number of fused-ring (bicyclic) bond motifs is 1. The van der Waals surface area contributed by atoms with E-state index >= 15 is 0 Å². The van der Waals surface area contributed by atoms with Crippen LogP contribution in [0.1, 0.15) is 12.0 Å². The van der Waals surface area contributed by atoms with Crippen molar-refractivity contribution in [3.05, 3.63) is 29.3 Å². The molecule has 1 aliphatic rings. The molecule has 7 nitrogen and oxygen atoms in total. The number of thioether (sulfide) groups is 1.